The van der Waals surface area contributed by atoms with Crippen molar-refractivity contribution in [2.45, 2.75) is 6.54 Å². The van der Waals surface area contributed by atoms with E-state index in [1.54, 1.807) is 0 Å². The SMILES string of the molecule is O=C(Cn1cnnn1)Nc1cncc(Cl)c1Cl. The van der Waals surface area contributed by atoms with E-state index in [9.17, 15) is 4.79 Å². The number of anilines is 1. The van der Waals surface area contributed by atoms with Crippen LogP contribution in [0.1, 0.15) is 0 Å². The number of nitrogens with zero attached hydrogens (tertiary/aromatic N) is 5. The van der Waals surface area contributed by atoms with Crippen LogP contribution in [0.3, 0.4) is 0 Å². The first-order valence-corrected chi connectivity index (χ1v) is 5.22. The highest BCUT2D eigenvalue weighted by molar-refractivity contribution is 6.43. The Hall–Kier alpha value is -1.73. The van der Waals surface area contributed by atoms with Gasteiger partial charge in [0.05, 0.1) is 21.9 Å². The maximum absolute atomic E-state index is 11.6. The summed E-state index contributed by atoms with van der Waals surface area (Å²) in [7, 11) is 0. The van der Waals surface area contributed by atoms with Gasteiger partial charge in [-0.25, -0.2) is 4.68 Å². The first-order valence-electron chi connectivity index (χ1n) is 4.46. The maximum atomic E-state index is 11.6. The van der Waals surface area contributed by atoms with Crippen molar-refractivity contribution in [3.63, 3.8) is 0 Å². The number of nitrogens with one attached hydrogen (secondary N) is 1. The van der Waals surface area contributed by atoms with Crippen LogP contribution in [-0.4, -0.2) is 31.1 Å². The Balaban J connectivity index is 2.06. The zero-order valence-electron chi connectivity index (χ0n) is 8.34. The third-order valence-corrected chi connectivity index (χ3v) is 2.60. The van der Waals surface area contributed by atoms with E-state index in [0.29, 0.717) is 5.69 Å². The second-order valence-electron chi connectivity index (χ2n) is 3.04. The van der Waals surface area contributed by atoms with Crippen LogP contribution in [0.2, 0.25) is 10.0 Å². The smallest absolute Gasteiger partial charge is 0.246 e. The summed E-state index contributed by atoms with van der Waals surface area (Å²) < 4.78 is 1.28. The molecule has 7 nitrogen and oxygen atoms in total. The van der Waals surface area contributed by atoms with Crippen molar-refractivity contribution < 1.29 is 4.79 Å². The van der Waals surface area contributed by atoms with Crippen molar-refractivity contribution in [1.29, 1.82) is 0 Å². The molecule has 9 heteroatoms. The van der Waals surface area contributed by atoms with E-state index in [4.69, 9.17) is 23.2 Å². The van der Waals surface area contributed by atoms with Gasteiger partial charge in [0.25, 0.3) is 0 Å². The monoisotopic (exact) mass is 272 g/mol. The summed E-state index contributed by atoms with van der Waals surface area (Å²) in [6.07, 6.45) is 4.13. The van der Waals surface area contributed by atoms with Crippen molar-refractivity contribution in [2.24, 2.45) is 0 Å². The van der Waals surface area contributed by atoms with Gasteiger partial charge in [-0.2, -0.15) is 0 Å². The molecule has 0 aromatic carbocycles. The highest BCUT2D eigenvalue weighted by atomic mass is 35.5. The molecule has 2 rings (SSSR count). The molecule has 17 heavy (non-hydrogen) atoms. The highest BCUT2D eigenvalue weighted by Crippen LogP contribution is 2.28. The fourth-order valence-electron chi connectivity index (χ4n) is 1.10. The van der Waals surface area contributed by atoms with Gasteiger partial charge in [0.1, 0.15) is 12.9 Å². The number of rotatable bonds is 3. The van der Waals surface area contributed by atoms with E-state index in [0.717, 1.165) is 0 Å². The molecule has 0 fully saturated rings. The van der Waals surface area contributed by atoms with Crippen molar-refractivity contribution in [1.82, 2.24) is 25.2 Å². The summed E-state index contributed by atoms with van der Waals surface area (Å²) in [5.74, 6) is -0.330. The van der Waals surface area contributed by atoms with Gasteiger partial charge in [0, 0.05) is 6.20 Å². The molecule has 2 aromatic heterocycles. The predicted octanol–water partition coefficient (Wildman–Crippen LogP) is 1.01. The Morgan fingerprint density at radius 1 is 1.41 bits per heavy atom. The van der Waals surface area contributed by atoms with Crippen molar-refractivity contribution >= 4 is 34.8 Å². The van der Waals surface area contributed by atoms with E-state index in [1.807, 2.05) is 0 Å². The number of amides is 1. The van der Waals surface area contributed by atoms with Crippen molar-refractivity contribution in [3.8, 4) is 0 Å². The van der Waals surface area contributed by atoms with Crippen LogP contribution in [0.25, 0.3) is 0 Å². The molecule has 0 saturated heterocycles. The Labute approximate surface area is 106 Å². The summed E-state index contributed by atoms with van der Waals surface area (Å²) in [6.45, 7) is -0.0180. The highest BCUT2D eigenvalue weighted by Gasteiger charge is 2.09. The number of carbonyl (C=O) groups is 1. The first kappa shape index (κ1) is 11.7. The maximum Gasteiger partial charge on any atom is 0.246 e. The van der Waals surface area contributed by atoms with Gasteiger partial charge in [-0.05, 0) is 10.4 Å². The number of carbonyl (C=O) groups excluding carboxylic acids is 1. The van der Waals surface area contributed by atoms with Gasteiger partial charge in [-0.15, -0.1) is 5.10 Å². The molecule has 0 aliphatic heterocycles. The third kappa shape index (κ3) is 2.89. The second kappa shape index (κ2) is 5.07. The molecule has 2 aromatic rings. The summed E-state index contributed by atoms with van der Waals surface area (Å²) in [4.78, 5) is 15.4. The Bertz CT molecular complexity index is 529. The summed E-state index contributed by atoms with van der Waals surface area (Å²) >= 11 is 11.6. The minimum atomic E-state index is -0.330. The summed E-state index contributed by atoms with van der Waals surface area (Å²) in [6, 6.07) is 0. The topological polar surface area (TPSA) is 85.6 Å². The van der Waals surface area contributed by atoms with E-state index in [1.165, 1.54) is 23.4 Å². The fraction of sp³-hybridized carbons (Fsp3) is 0.125. The van der Waals surface area contributed by atoms with Crippen LogP contribution in [0.15, 0.2) is 18.7 Å². The molecule has 88 valence electrons. The lowest BCUT2D eigenvalue weighted by Gasteiger charge is -2.06. The number of halogens is 2. The number of hydrogen-bond acceptors (Lipinski definition) is 5. The van der Waals surface area contributed by atoms with E-state index < -0.39 is 0 Å². The fourth-order valence-corrected chi connectivity index (χ4v) is 1.40. The minimum absolute atomic E-state index is 0.0180. The van der Waals surface area contributed by atoms with Crippen LogP contribution >= 0.6 is 23.2 Å². The first-order chi connectivity index (χ1) is 8.16. The molecule has 0 radical (unpaired) electrons. The molecule has 0 atom stereocenters. The summed E-state index contributed by atoms with van der Waals surface area (Å²) in [5.41, 5.74) is 0.345. The molecular formula is C8H6Cl2N6O. The number of aromatic nitrogens is 5. The molecule has 0 aliphatic rings. The van der Waals surface area contributed by atoms with E-state index in [2.05, 4.69) is 25.8 Å². The van der Waals surface area contributed by atoms with E-state index >= 15 is 0 Å². The van der Waals surface area contributed by atoms with Gasteiger partial charge in [-0.3, -0.25) is 9.78 Å². The molecule has 0 spiro atoms. The molecule has 1 N–H and O–H groups in total. The standard InChI is InChI=1S/C8H6Cl2N6O/c9-5-1-11-2-6(8(5)10)13-7(17)3-16-4-12-14-15-16/h1-2,4H,3H2,(H,13,17). The average Bonchev–Trinajstić information content (AvgIpc) is 2.77. The zero-order chi connectivity index (χ0) is 12.3. The van der Waals surface area contributed by atoms with Gasteiger partial charge >= 0.3 is 0 Å². The number of tetrazole rings is 1. The molecular weight excluding hydrogens is 267 g/mol. The molecule has 1 amide bonds. The third-order valence-electron chi connectivity index (χ3n) is 1.81. The molecule has 2 heterocycles. The molecule has 0 unspecified atom stereocenters. The van der Waals surface area contributed by atoms with Crippen molar-refractivity contribution in [2.75, 3.05) is 5.32 Å². The molecule has 0 saturated carbocycles. The van der Waals surface area contributed by atoms with Crippen LogP contribution < -0.4 is 5.32 Å². The van der Waals surface area contributed by atoms with Gasteiger partial charge in [0.15, 0.2) is 0 Å². The van der Waals surface area contributed by atoms with Gasteiger partial charge in [-0.1, -0.05) is 23.2 Å². The largest absolute Gasteiger partial charge is 0.322 e. The minimum Gasteiger partial charge on any atom is -0.322 e. The normalized spacial score (nSPS) is 10.2. The van der Waals surface area contributed by atoms with Crippen molar-refractivity contribution in [3.05, 3.63) is 28.8 Å². The predicted molar refractivity (Wildman–Crippen MR) is 60.7 cm³/mol. The van der Waals surface area contributed by atoms with E-state index in [-0.39, 0.29) is 22.5 Å². The quantitative estimate of drug-likeness (QED) is 0.902. The van der Waals surface area contributed by atoms with Gasteiger partial charge < -0.3 is 5.32 Å². The zero-order valence-corrected chi connectivity index (χ0v) is 9.85. The van der Waals surface area contributed by atoms with Crippen LogP contribution in [-0.2, 0) is 11.3 Å². The Kier molecular flexibility index (Phi) is 3.50. The molecule has 0 bridgehead atoms. The Morgan fingerprint density at radius 3 is 2.94 bits per heavy atom. The molecule has 0 aliphatic carbocycles. The Morgan fingerprint density at radius 2 is 2.24 bits per heavy atom. The van der Waals surface area contributed by atoms with Crippen LogP contribution in [0.5, 0.6) is 0 Å². The number of pyridine rings is 1. The lowest BCUT2D eigenvalue weighted by Crippen LogP contribution is -2.19. The lowest BCUT2D eigenvalue weighted by atomic mass is 10.4. The summed E-state index contributed by atoms with van der Waals surface area (Å²) in [5, 5.41) is 13.4. The van der Waals surface area contributed by atoms with Crippen LogP contribution in [0, 0.1) is 0 Å². The average molecular weight is 273 g/mol. The number of hydrogen-bond donors (Lipinski definition) is 1. The van der Waals surface area contributed by atoms with Gasteiger partial charge in [0.2, 0.25) is 5.91 Å². The second-order valence-corrected chi connectivity index (χ2v) is 3.82. The lowest BCUT2D eigenvalue weighted by molar-refractivity contribution is -0.116. The van der Waals surface area contributed by atoms with Crippen LogP contribution in [0.4, 0.5) is 5.69 Å².